The normalized spacial score (nSPS) is 11.7. The van der Waals surface area contributed by atoms with E-state index >= 15 is 0 Å². The van der Waals surface area contributed by atoms with E-state index in [1.54, 1.807) is 0 Å². The maximum absolute atomic E-state index is 10.1. The Bertz CT molecular complexity index is 274. The highest BCUT2D eigenvalue weighted by Gasteiger charge is 1.98. The quantitative estimate of drug-likeness (QED) is 0.533. The second-order valence-electron chi connectivity index (χ2n) is 1.39. The van der Waals surface area contributed by atoms with Crippen LogP contribution in [0.15, 0.2) is 17.3 Å². The Kier molecular flexibility index (Phi) is 1.26. The Morgan fingerprint density at radius 1 is 1.67 bits per heavy atom. The van der Waals surface area contributed by atoms with Crippen LogP contribution in [0.2, 0.25) is 0 Å². The monoisotopic (exact) mass is 147 g/mol. The van der Waals surface area contributed by atoms with Gasteiger partial charge >= 0.3 is 0 Å². The standard InChI is InChI=1S/C3H4N2O3S/c6-9(7,8)3-1-4-5-2-3/h1-2H,(H,4,5)(H,6,7,8)/p-1. The van der Waals surface area contributed by atoms with Gasteiger partial charge < -0.3 is 4.55 Å². The second kappa shape index (κ2) is 1.82. The Labute approximate surface area is 51.5 Å². The van der Waals surface area contributed by atoms with E-state index in [2.05, 4.69) is 10.2 Å². The molecule has 6 heteroatoms. The van der Waals surface area contributed by atoms with Crippen molar-refractivity contribution in [2.24, 2.45) is 0 Å². The molecule has 0 aliphatic heterocycles. The zero-order chi connectivity index (χ0) is 6.91. The first-order chi connectivity index (χ1) is 4.11. The summed E-state index contributed by atoms with van der Waals surface area (Å²) in [5.41, 5.74) is 0. The highest BCUT2D eigenvalue weighted by Crippen LogP contribution is 2.01. The van der Waals surface area contributed by atoms with Gasteiger partial charge in [0.15, 0.2) is 0 Å². The molecule has 0 saturated heterocycles. The van der Waals surface area contributed by atoms with E-state index < -0.39 is 10.1 Å². The first-order valence-corrected chi connectivity index (χ1v) is 3.46. The second-order valence-corrected chi connectivity index (χ2v) is 2.77. The topological polar surface area (TPSA) is 85.9 Å². The Balaban J connectivity index is 3.20. The van der Waals surface area contributed by atoms with Crippen LogP contribution in [-0.4, -0.2) is 23.2 Å². The predicted molar refractivity (Wildman–Crippen MR) is 26.6 cm³/mol. The van der Waals surface area contributed by atoms with Crippen molar-refractivity contribution < 1.29 is 13.0 Å². The molecular formula is C3H3N2O3S-. The van der Waals surface area contributed by atoms with Gasteiger partial charge in [0.25, 0.3) is 0 Å². The van der Waals surface area contributed by atoms with E-state index in [0.717, 1.165) is 12.4 Å². The summed E-state index contributed by atoms with van der Waals surface area (Å²) in [4.78, 5) is -0.331. The molecule has 0 aromatic carbocycles. The molecule has 1 N–H and O–H groups in total. The fraction of sp³-hybridized carbons (Fsp3) is 0. The molecule has 0 atom stereocenters. The maximum atomic E-state index is 10.1. The lowest BCUT2D eigenvalue weighted by molar-refractivity contribution is 0.463. The van der Waals surface area contributed by atoms with Gasteiger partial charge in [0.05, 0.1) is 11.1 Å². The maximum Gasteiger partial charge on any atom is 0.127 e. The van der Waals surface area contributed by atoms with Crippen molar-refractivity contribution >= 4 is 10.1 Å². The molecular weight excluding hydrogens is 144 g/mol. The molecule has 0 amide bonds. The lowest BCUT2D eigenvalue weighted by Gasteiger charge is -1.99. The summed E-state index contributed by atoms with van der Waals surface area (Å²) in [7, 11) is -4.30. The smallest absolute Gasteiger partial charge is 0.127 e. The third-order valence-electron chi connectivity index (χ3n) is 0.762. The zero-order valence-electron chi connectivity index (χ0n) is 4.23. The van der Waals surface area contributed by atoms with Gasteiger partial charge in [-0.05, 0) is 0 Å². The lowest BCUT2D eigenvalue weighted by atomic mass is 10.7. The van der Waals surface area contributed by atoms with Crippen LogP contribution in [0.3, 0.4) is 0 Å². The molecule has 1 heterocycles. The Hall–Kier alpha value is -0.880. The van der Waals surface area contributed by atoms with Gasteiger partial charge in [-0.1, -0.05) is 0 Å². The van der Waals surface area contributed by atoms with Crippen molar-refractivity contribution in [1.82, 2.24) is 10.2 Å². The molecule has 1 aromatic heterocycles. The van der Waals surface area contributed by atoms with Crippen molar-refractivity contribution in [1.29, 1.82) is 0 Å². The highest BCUT2D eigenvalue weighted by molar-refractivity contribution is 7.85. The summed E-state index contributed by atoms with van der Waals surface area (Å²) >= 11 is 0. The van der Waals surface area contributed by atoms with Gasteiger partial charge in [-0.2, -0.15) is 5.10 Å². The van der Waals surface area contributed by atoms with E-state index in [4.69, 9.17) is 0 Å². The molecule has 0 spiro atoms. The fourth-order valence-electron chi connectivity index (χ4n) is 0.376. The van der Waals surface area contributed by atoms with Crippen LogP contribution in [0.4, 0.5) is 0 Å². The van der Waals surface area contributed by atoms with Gasteiger partial charge in [-0.15, -0.1) is 0 Å². The van der Waals surface area contributed by atoms with Gasteiger partial charge in [-0.25, -0.2) is 8.42 Å². The largest absolute Gasteiger partial charge is 0.744 e. The van der Waals surface area contributed by atoms with Gasteiger partial charge in [0, 0.05) is 6.20 Å². The number of H-pyrrole nitrogens is 1. The van der Waals surface area contributed by atoms with Crippen molar-refractivity contribution in [2.75, 3.05) is 0 Å². The van der Waals surface area contributed by atoms with Crippen LogP contribution in [-0.2, 0) is 10.1 Å². The van der Waals surface area contributed by atoms with Crippen LogP contribution in [0.1, 0.15) is 0 Å². The molecule has 5 nitrogen and oxygen atoms in total. The minimum Gasteiger partial charge on any atom is -0.744 e. The summed E-state index contributed by atoms with van der Waals surface area (Å²) in [6.45, 7) is 0. The molecule has 1 aromatic rings. The lowest BCUT2D eigenvalue weighted by Crippen LogP contribution is -1.95. The summed E-state index contributed by atoms with van der Waals surface area (Å²) in [6, 6.07) is 0. The minimum atomic E-state index is -4.30. The van der Waals surface area contributed by atoms with Crippen LogP contribution in [0.25, 0.3) is 0 Å². The molecule has 0 saturated carbocycles. The van der Waals surface area contributed by atoms with Crippen LogP contribution in [0.5, 0.6) is 0 Å². The SMILES string of the molecule is O=S(=O)([O-])c1cn[nH]c1. The van der Waals surface area contributed by atoms with Gasteiger partial charge in [0.2, 0.25) is 0 Å². The molecule has 50 valence electrons. The van der Waals surface area contributed by atoms with Gasteiger partial charge in [0.1, 0.15) is 10.1 Å². The van der Waals surface area contributed by atoms with E-state index in [0.29, 0.717) is 0 Å². The number of hydrogen-bond donors (Lipinski definition) is 1. The average Bonchev–Trinajstić information content (AvgIpc) is 2.08. The average molecular weight is 147 g/mol. The molecule has 0 fully saturated rings. The molecule has 0 radical (unpaired) electrons. The van der Waals surface area contributed by atoms with Crippen molar-refractivity contribution in [3.63, 3.8) is 0 Å². The number of nitrogens with zero attached hydrogens (tertiary/aromatic N) is 1. The third kappa shape index (κ3) is 1.27. The third-order valence-corrected chi connectivity index (χ3v) is 1.56. The predicted octanol–water partition coefficient (Wildman–Crippen LogP) is -0.686. The Morgan fingerprint density at radius 3 is 2.56 bits per heavy atom. The first-order valence-electron chi connectivity index (χ1n) is 2.05. The number of aromatic amines is 1. The summed E-state index contributed by atoms with van der Waals surface area (Å²) in [6.07, 6.45) is 1.99. The van der Waals surface area contributed by atoms with Gasteiger partial charge in [-0.3, -0.25) is 5.10 Å². The fourth-order valence-corrected chi connectivity index (χ4v) is 0.755. The van der Waals surface area contributed by atoms with E-state index in [-0.39, 0.29) is 4.90 Å². The van der Waals surface area contributed by atoms with Crippen molar-refractivity contribution in [3.8, 4) is 0 Å². The first kappa shape index (κ1) is 6.24. The number of nitrogens with one attached hydrogen (secondary N) is 1. The molecule has 1 rings (SSSR count). The number of hydrogen-bond acceptors (Lipinski definition) is 4. The number of aromatic nitrogens is 2. The molecule has 0 aliphatic carbocycles. The minimum absolute atomic E-state index is 0.331. The molecule has 0 unspecified atom stereocenters. The summed E-state index contributed by atoms with van der Waals surface area (Å²) in [5.74, 6) is 0. The Morgan fingerprint density at radius 2 is 2.33 bits per heavy atom. The highest BCUT2D eigenvalue weighted by atomic mass is 32.2. The molecule has 0 bridgehead atoms. The van der Waals surface area contributed by atoms with Crippen LogP contribution in [0, 0.1) is 0 Å². The van der Waals surface area contributed by atoms with Crippen LogP contribution >= 0.6 is 0 Å². The number of rotatable bonds is 1. The summed E-state index contributed by atoms with van der Waals surface area (Å²) in [5, 5.41) is 5.49. The van der Waals surface area contributed by atoms with E-state index in [1.807, 2.05) is 0 Å². The van der Waals surface area contributed by atoms with E-state index in [9.17, 15) is 13.0 Å². The van der Waals surface area contributed by atoms with Crippen molar-refractivity contribution in [3.05, 3.63) is 12.4 Å². The molecule has 0 aliphatic rings. The zero-order valence-corrected chi connectivity index (χ0v) is 5.05. The van der Waals surface area contributed by atoms with Crippen molar-refractivity contribution in [2.45, 2.75) is 4.90 Å². The van der Waals surface area contributed by atoms with Crippen LogP contribution < -0.4 is 0 Å². The summed E-state index contributed by atoms with van der Waals surface area (Å²) < 4.78 is 30.2. The van der Waals surface area contributed by atoms with E-state index in [1.165, 1.54) is 0 Å². The molecule has 9 heavy (non-hydrogen) atoms.